The van der Waals surface area contributed by atoms with Gasteiger partial charge in [0.1, 0.15) is 35.6 Å². The number of carbonyl (C=O) groups excluding carboxylic acids is 2. The van der Waals surface area contributed by atoms with Crippen LogP contribution < -0.4 is 4.74 Å². The minimum Gasteiger partial charge on any atom is -0.507 e. The van der Waals surface area contributed by atoms with Gasteiger partial charge in [-0.15, -0.1) is 0 Å². The summed E-state index contributed by atoms with van der Waals surface area (Å²) in [5, 5.41) is 53.7. The van der Waals surface area contributed by atoms with Crippen LogP contribution in [-0.2, 0) is 20.6 Å². The van der Waals surface area contributed by atoms with Crippen LogP contribution in [0.25, 0.3) is 0 Å². The van der Waals surface area contributed by atoms with Crippen molar-refractivity contribution in [2.75, 3.05) is 14.2 Å². The molecule has 0 aromatic heterocycles. The Labute approximate surface area is 218 Å². The average molecular weight is 531 g/mol. The fourth-order valence-corrected chi connectivity index (χ4v) is 5.68. The molecule has 0 saturated carbocycles. The third-order valence-electron chi connectivity index (χ3n) is 7.57. The molecule has 11 nitrogen and oxygen atoms in total. The van der Waals surface area contributed by atoms with Gasteiger partial charge < -0.3 is 44.5 Å². The summed E-state index contributed by atoms with van der Waals surface area (Å²) in [6.45, 7) is 3.13. The van der Waals surface area contributed by atoms with Crippen LogP contribution in [0.4, 0.5) is 0 Å². The van der Waals surface area contributed by atoms with Gasteiger partial charge in [-0.25, -0.2) is 0 Å². The van der Waals surface area contributed by atoms with Crippen molar-refractivity contribution in [2.45, 2.75) is 69.1 Å². The molecule has 1 fully saturated rings. The molecule has 38 heavy (non-hydrogen) atoms. The molecule has 2 aromatic rings. The zero-order valence-electron chi connectivity index (χ0n) is 21.3. The number of phenolic OH excluding ortho intramolecular Hbond substituents is 2. The Morgan fingerprint density at radius 1 is 1.00 bits per heavy atom. The summed E-state index contributed by atoms with van der Waals surface area (Å²) in [6, 6.07) is 4.01. The van der Waals surface area contributed by atoms with Crippen LogP contribution in [0.2, 0.25) is 0 Å². The van der Waals surface area contributed by atoms with E-state index in [1.807, 2.05) is 0 Å². The minimum absolute atomic E-state index is 0.0170. The highest BCUT2D eigenvalue weighted by Crippen LogP contribution is 2.48. The summed E-state index contributed by atoms with van der Waals surface area (Å²) in [7, 11) is 2.68. The standard InChI is InChI=1S/C27H30O11/c1-10-20(29)24(33)25(36-4)26(37-10)38-16-9-27(2,34)8-11-5-13-19(22(31)17(11)16)23(32)18-14(21(13)30)6-12(35-3)7-15(18)28/h5-7,10,16,20,24-26,28-29,31,33-34H,8-9H2,1-4H3/t10-,16-,20+,24-,25-,26-,27+/m0/s1. The number of ketones is 2. The molecule has 5 N–H and O–H groups in total. The molecule has 0 radical (unpaired) electrons. The van der Waals surface area contributed by atoms with Crippen LogP contribution >= 0.6 is 0 Å². The van der Waals surface area contributed by atoms with E-state index in [1.165, 1.54) is 32.4 Å². The molecule has 7 atom stereocenters. The maximum absolute atomic E-state index is 13.5. The van der Waals surface area contributed by atoms with Gasteiger partial charge in [0.05, 0.1) is 36.0 Å². The number of aromatic hydroxyl groups is 2. The van der Waals surface area contributed by atoms with Gasteiger partial charge in [-0.2, -0.15) is 0 Å². The Hall–Kier alpha value is -3.06. The van der Waals surface area contributed by atoms with Gasteiger partial charge in [0.2, 0.25) is 5.78 Å². The van der Waals surface area contributed by atoms with E-state index in [0.29, 0.717) is 5.56 Å². The van der Waals surface area contributed by atoms with Crippen LogP contribution in [-0.4, -0.2) is 87.6 Å². The largest absolute Gasteiger partial charge is 0.507 e. The number of aliphatic hydroxyl groups excluding tert-OH is 2. The van der Waals surface area contributed by atoms with Crippen molar-refractivity contribution in [2.24, 2.45) is 0 Å². The van der Waals surface area contributed by atoms with Crippen molar-refractivity contribution in [1.82, 2.24) is 0 Å². The lowest BCUT2D eigenvalue weighted by molar-refractivity contribution is -0.313. The van der Waals surface area contributed by atoms with E-state index >= 15 is 0 Å². The van der Waals surface area contributed by atoms with Crippen LogP contribution in [0.1, 0.15) is 69.3 Å². The van der Waals surface area contributed by atoms with Gasteiger partial charge in [0.25, 0.3) is 0 Å². The first-order chi connectivity index (χ1) is 17.9. The minimum atomic E-state index is -1.33. The Bertz CT molecular complexity index is 1320. The molecule has 11 heteroatoms. The summed E-state index contributed by atoms with van der Waals surface area (Å²) < 4.78 is 22.3. The third kappa shape index (κ3) is 4.06. The molecule has 5 rings (SSSR count). The number of carbonyl (C=O) groups is 2. The Kier molecular flexibility index (Phi) is 6.49. The van der Waals surface area contributed by atoms with Crippen molar-refractivity contribution in [3.8, 4) is 17.2 Å². The number of rotatable bonds is 4. The van der Waals surface area contributed by atoms with Crippen molar-refractivity contribution in [3.63, 3.8) is 0 Å². The molecular weight excluding hydrogens is 500 g/mol. The number of fused-ring (bicyclic) bond motifs is 3. The van der Waals surface area contributed by atoms with E-state index in [2.05, 4.69) is 0 Å². The fraction of sp³-hybridized carbons (Fsp3) is 0.481. The molecule has 204 valence electrons. The first-order valence-electron chi connectivity index (χ1n) is 12.2. The van der Waals surface area contributed by atoms with E-state index in [-0.39, 0.29) is 46.4 Å². The first-order valence-corrected chi connectivity index (χ1v) is 12.2. The van der Waals surface area contributed by atoms with Gasteiger partial charge in [-0.1, -0.05) is 0 Å². The van der Waals surface area contributed by atoms with E-state index in [9.17, 15) is 35.1 Å². The van der Waals surface area contributed by atoms with Gasteiger partial charge in [0, 0.05) is 42.7 Å². The number of ether oxygens (including phenoxy) is 4. The van der Waals surface area contributed by atoms with Crippen LogP contribution in [0, 0.1) is 0 Å². The topological polar surface area (TPSA) is 172 Å². The molecule has 0 bridgehead atoms. The number of hydrogen-bond acceptors (Lipinski definition) is 11. The second-order valence-corrected chi connectivity index (χ2v) is 10.3. The van der Waals surface area contributed by atoms with Crippen molar-refractivity contribution in [3.05, 3.63) is 51.6 Å². The lowest BCUT2D eigenvalue weighted by Gasteiger charge is -2.44. The molecule has 3 aliphatic rings. The van der Waals surface area contributed by atoms with Crippen LogP contribution in [0.3, 0.4) is 0 Å². The van der Waals surface area contributed by atoms with E-state index in [1.54, 1.807) is 13.8 Å². The average Bonchev–Trinajstić information content (AvgIpc) is 2.84. The number of phenols is 2. The smallest absolute Gasteiger partial charge is 0.201 e. The maximum Gasteiger partial charge on any atom is 0.201 e. The van der Waals surface area contributed by atoms with Gasteiger partial charge in [0.15, 0.2) is 12.1 Å². The lowest BCUT2D eigenvalue weighted by atomic mass is 9.74. The second-order valence-electron chi connectivity index (χ2n) is 10.3. The molecule has 1 heterocycles. The third-order valence-corrected chi connectivity index (χ3v) is 7.57. The molecule has 2 aromatic carbocycles. The zero-order chi connectivity index (χ0) is 27.7. The first kappa shape index (κ1) is 26.5. The SMILES string of the molecule is COc1cc(O)c2c(c1)C(=O)c1cc3c(c(O)c1C2=O)[C@@H](O[C@@H]1O[C@@H](C)[C@@H](O)[C@H](O)[C@@H]1OC)C[C@](C)(O)C3. The fourth-order valence-electron chi connectivity index (χ4n) is 5.68. The normalized spacial score (nSPS) is 32.4. The molecule has 0 spiro atoms. The van der Waals surface area contributed by atoms with E-state index < -0.39 is 65.5 Å². The predicted molar refractivity (Wildman–Crippen MR) is 130 cm³/mol. The molecule has 1 saturated heterocycles. The quantitative estimate of drug-likeness (QED) is 0.327. The Morgan fingerprint density at radius 2 is 1.68 bits per heavy atom. The summed E-state index contributed by atoms with van der Waals surface area (Å²) in [6.07, 6.45) is -6.64. The van der Waals surface area contributed by atoms with E-state index in [4.69, 9.17) is 18.9 Å². The van der Waals surface area contributed by atoms with E-state index in [0.717, 1.165) is 0 Å². The van der Waals surface area contributed by atoms with Gasteiger partial charge in [-0.3, -0.25) is 9.59 Å². The molecular formula is C27H30O11. The predicted octanol–water partition coefficient (Wildman–Crippen LogP) is 1.12. The second kappa shape index (κ2) is 9.30. The monoisotopic (exact) mass is 530 g/mol. The molecule has 2 aliphatic carbocycles. The van der Waals surface area contributed by atoms with Crippen molar-refractivity contribution >= 4 is 11.6 Å². The van der Waals surface area contributed by atoms with Gasteiger partial charge in [-0.05, 0) is 31.5 Å². The number of methoxy groups -OCH3 is 2. The zero-order valence-corrected chi connectivity index (χ0v) is 21.3. The number of aliphatic hydroxyl groups is 3. The Morgan fingerprint density at radius 3 is 2.34 bits per heavy atom. The van der Waals surface area contributed by atoms with Crippen LogP contribution in [0.15, 0.2) is 18.2 Å². The van der Waals surface area contributed by atoms with Crippen LogP contribution in [0.5, 0.6) is 17.2 Å². The lowest BCUT2D eigenvalue weighted by Crippen LogP contribution is -2.58. The molecule has 0 amide bonds. The molecule has 1 aliphatic heterocycles. The summed E-state index contributed by atoms with van der Waals surface area (Å²) >= 11 is 0. The van der Waals surface area contributed by atoms with Crippen molar-refractivity contribution in [1.29, 1.82) is 0 Å². The molecule has 0 unspecified atom stereocenters. The highest BCUT2D eigenvalue weighted by atomic mass is 16.7. The summed E-state index contributed by atoms with van der Waals surface area (Å²) in [5.74, 6) is -2.12. The Balaban J connectivity index is 1.62. The number of benzene rings is 2. The summed E-state index contributed by atoms with van der Waals surface area (Å²) in [5.41, 5.74) is -1.42. The highest BCUT2D eigenvalue weighted by Gasteiger charge is 2.48. The summed E-state index contributed by atoms with van der Waals surface area (Å²) in [4.78, 5) is 27.0. The highest BCUT2D eigenvalue weighted by molar-refractivity contribution is 6.30. The van der Waals surface area contributed by atoms with Gasteiger partial charge >= 0.3 is 0 Å². The van der Waals surface area contributed by atoms with Crippen molar-refractivity contribution < 1.29 is 54.1 Å². The maximum atomic E-state index is 13.5. The number of hydrogen-bond donors (Lipinski definition) is 5.